The van der Waals surface area contributed by atoms with Gasteiger partial charge in [-0.2, -0.15) is 5.26 Å². The van der Waals surface area contributed by atoms with E-state index in [1.807, 2.05) is 6.07 Å². The molecule has 8 nitrogen and oxygen atoms in total. The fourth-order valence-electron chi connectivity index (χ4n) is 3.90. The molecule has 0 bridgehead atoms. The average Bonchev–Trinajstić information content (AvgIpc) is 3.18. The second kappa shape index (κ2) is 10.8. The highest BCUT2D eigenvalue weighted by Crippen LogP contribution is 2.38. The molecule has 0 radical (unpaired) electrons. The number of carbonyl (C=O) groups excluding carboxylic acids is 3. The van der Waals surface area contributed by atoms with E-state index in [-0.39, 0.29) is 17.7 Å². The number of rotatable bonds is 7. The Morgan fingerprint density at radius 2 is 1.28 bits per heavy atom. The standard InChI is InChI=1S/C28H23NO7/c1-28(36-27(32)21-15-9-4-10-16-21)23(17-29)34-22(18-33-25(30)19-11-5-2-6-12-19)24(28)35-26(31)20-13-7-3-8-14-20/h2-16,22-24H,18H2,1H3/t22-,23?,24-,28+/m1/s1. The van der Waals surface area contributed by atoms with Crippen LogP contribution < -0.4 is 0 Å². The van der Waals surface area contributed by atoms with Gasteiger partial charge in [-0.25, -0.2) is 14.4 Å². The van der Waals surface area contributed by atoms with Gasteiger partial charge in [-0.15, -0.1) is 0 Å². The molecule has 1 unspecified atom stereocenters. The zero-order chi connectivity index (χ0) is 25.5. The number of ether oxygens (including phenoxy) is 4. The molecule has 4 rings (SSSR count). The van der Waals surface area contributed by atoms with Gasteiger partial charge in [0.05, 0.1) is 22.8 Å². The van der Waals surface area contributed by atoms with Crippen LogP contribution in [0.5, 0.6) is 0 Å². The van der Waals surface area contributed by atoms with E-state index in [0.717, 1.165) is 0 Å². The van der Waals surface area contributed by atoms with E-state index in [1.165, 1.54) is 6.92 Å². The Hall–Kier alpha value is -4.48. The lowest BCUT2D eigenvalue weighted by molar-refractivity contribution is -0.0804. The first-order valence-electron chi connectivity index (χ1n) is 11.2. The SMILES string of the molecule is C[C@]1(OC(=O)c2ccccc2)C(C#N)O[C@H](COC(=O)c2ccccc2)[C@H]1OC(=O)c1ccccc1. The first kappa shape index (κ1) is 24.6. The third-order valence-corrected chi connectivity index (χ3v) is 5.81. The molecular weight excluding hydrogens is 462 g/mol. The number of carbonyl (C=O) groups is 3. The van der Waals surface area contributed by atoms with Crippen molar-refractivity contribution in [3.63, 3.8) is 0 Å². The number of benzene rings is 3. The molecule has 0 saturated carbocycles. The van der Waals surface area contributed by atoms with E-state index in [4.69, 9.17) is 18.9 Å². The summed E-state index contributed by atoms with van der Waals surface area (Å²) in [6.45, 7) is 1.13. The van der Waals surface area contributed by atoms with Gasteiger partial charge in [0.1, 0.15) is 12.7 Å². The molecule has 1 saturated heterocycles. The maximum Gasteiger partial charge on any atom is 0.338 e. The normalized spacial score (nSPS) is 22.7. The van der Waals surface area contributed by atoms with Crippen LogP contribution >= 0.6 is 0 Å². The van der Waals surface area contributed by atoms with Crippen molar-refractivity contribution < 1.29 is 33.3 Å². The van der Waals surface area contributed by atoms with Gasteiger partial charge >= 0.3 is 17.9 Å². The van der Waals surface area contributed by atoms with Crippen molar-refractivity contribution in [2.75, 3.05) is 6.61 Å². The van der Waals surface area contributed by atoms with Gasteiger partial charge in [-0.3, -0.25) is 0 Å². The lowest BCUT2D eigenvalue weighted by atomic mass is 9.92. The second-order valence-corrected chi connectivity index (χ2v) is 8.28. The second-order valence-electron chi connectivity index (χ2n) is 8.28. The van der Waals surface area contributed by atoms with Crippen molar-refractivity contribution in [3.05, 3.63) is 108 Å². The van der Waals surface area contributed by atoms with Gasteiger partial charge in [0, 0.05) is 0 Å². The van der Waals surface area contributed by atoms with Crippen molar-refractivity contribution in [2.24, 2.45) is 0 Å². The number of esters is 3. The molecule has 1 aliphatic rings. The highest BCUT2D eigenvalue weighted by Gasteiger charge is 2.60. The topological polar surface area (TPSA) is 112 Å². The summed E-state index contributed by atoms with van der Waals surface area (Å²) in [5, 5.41) is 9.81. The largest absolute Gasteiger partial charge is 0.459 e. The minimum atomic E-state index is -1.68. The first-order chi connectivity index (χ1) is 17.4. The Morgan fingerprint density at radius 1 is 0.806 bits per heavy atom. The zero-order valence-electron chi connectivity index (χ0n) is 19.4. The maximum absolute atomic E-state index is 12.9. The third-order valence-electron chi connectivity index (χ3n) is 5.81. The van der Waals surface area contributed by atoms with Crippen LogP contribution in [0.3, 0.4) is 0 Å². The predicted molar refractivity (Wildman–Crippen MR) is 127 cm³/mol. The van der Waals surface area contributed by atoms with Crippen LogP contribution in [0.15, 0.2) is 91.0 Å². The van der Waals surface area contributed by atoms with Gasteiger partial charge in [-0.1, -0.05) is 54.6 Å². The van der Waals surface area contributed by atoms with E-state index in [2.05, 4.69) is 0 Å². The van der Waals surface area contributed by atoms with Crippen LogP contribution in [-0.2, 0) is 18.9 Å². The number of hydrogen-bond donors (Lipinski definition) is 0. The van der Waals surface area contributed by atoms with Gasteiger partial charge in [0.25, 0.3) is 0 Å². The summed E-state index contributed by atoms with van der Waals surface area (Å²) in [6.07, 6.45) is -3.60. The fourth-order valence-corrected chi connectivity index (χ4v) is 3.90. The summed E-state index contributed by atoms with van der Waals surface area (Å²) in [7, 11) is 0. The quantitative estimate of drug-likeness (QED) is 0.365. The van der Waals surface area contributed by atoms with Crippen molar-refractivity contribution >= 4 is 17.9 Å². The molecule has 36 heavy (non-hydrogen) atoms. The summed E-state index contributed by atoms with van der Waals surface area (Å²) in [6, 6.07) is 26.8. The number of nitrogens with zero attached hydrogens (tertiary/aromatic N) is 1. The van der Waals surface area contributed by atoms with E-state index >= 15 is 0 Å². The average molecular weight is 485 g/mol. The molecule has 4 atom stereocenters. The molecule has 0 aromatic heterocycles. The Morgan fingerprint density at radius 3 is 1.78 bits per heavy atom. The van der Waals surface area contributed by atoms with Crippen LogP contribution in [0, 0.1) is 11.3 Å². The third kappa shape index (κ3) is 5.27. The van der Waals surface area contributed by atoms with Gasteiger partial charge in [-0.05, 0) is 43.3 Å². The molecule has 1 fully saturated rings. The Kier molecular flexibility index (Phi) is 7.42. The fraction of sp³-hybridized carbons (Fsp3) is 0.214. The van der Waals surface area contributed by atoms with E-state index < -0.39 is 41.8 Å². The maximum atomic E-state index is 12.9. The van der Waals surface area contributed by atoms with Crippen LogP contribution in [0.4, 0.5) is 0 Å². The van der Waals surface area contributed by atoms with E-state index in [1.54, 1.807) is 91.0 Å². The summed E-state index contributed by atoms with van der Waals surface area (Å²) < 4.78 is 22.7. The van der Waals surface area contributed by atoms with Crippen molar-refractivity contribution in [1.82, 2.24) is 0 Å². The zero-order valence-corrected chi connectivity index (χ0v) is 19.4. The minimum Gasteiger partial charge on any atom is -0.459 e. The van der Waals surface area contributed by atoms with Crippen molar-refractivity contribution in [3.8, 4) is 6.07 Å². The molecular formula is C28H23NO7. The molecule has 3 aromatic carbocycles. The van der Waals surface area contributed by atoms with Crippen molar-refractivity contribution in [1.29, 1.82) is 5.26 Å². The van der Waals surface area contributed by atoms with Gasteiger partial charge < -0.3 is 18.9 Å². The highest BCUT2D eigenvalue weighted by atomic mass is 16.7. The molecule has 8 heteroatoms. The molecule has 0 N–H and O–H groups in total. The molecule has 182 valence electrons. The van der Waals surface area contributed by atoms with Crippen molar-refractivity contribution in [2.45, 2.75) is 30.8 Å². The summed E-state index contributed by atoms with van der Waals surface area (Å²) in [5.74, 6) is -2.04. The summed E-state index contributed by atoms with van der Waals surface area (Å²) in [4.78, 5) is 38.3. The Bertz CT molecular complexity index is 1260. The molecule has 1 heterocycles. The number of nitriles is 1. The number of hydrogen-bond acceptors (Lipinski definition) is 8. The Labute approximate surface area is 208 Å². The van der Waals surface area contributed by atoms with Crippen LogP contribution in [0.2, 0.25) is 0 Å². The summed E-state index contributed by atoms with van der Waals surface area (Å²) in [5.41, 5.74) is -0.851. The lowest BCUT2D eigenvalue weighted by Crippen LogP contribution is -2.51. The molecule has 0 amide bonds. The van der Waals surface area contributed by atoms with Gasteiger partial charge in [0.15, 0.2) is 17.8 Å². The van der Waals surface area contributed by atoms with E-state index in [0.29, 0.717) is 5.56 Å². The molecule has 0 spiro atoms. The first-order valence-corrected chi connectivity index (χ1v) is 11.2. The van der Waals surface area contributed by atoms with Crippen LogP contribution in [0.25, 0.3) is 0 Å². The van der Waals surface area contributed by atoms with E-state index in [9.17, 15) is 19.6 Å². The van der Waals surface area contributed by atoms with Crippen LogP contribution in [-0.4, -0.2) is 48.4 Å². The van der Waals surface area contributed by atoms with Gasteiger partial charge in [0.2, 0.25) is 0 Å². The molecule has 1 aliphatic heterocycles. The highest BCUT2D eigenvalue weighted by molar-refractivity contribution is 5.91. The smallest absolute Gasteiger partial charge is 0.338 e. The lowest BCUT2D eigenvalue weighted by Gasteiger charge is -2.32. The Balaban J connectivity index is 1.60. The minimum absolute atomic E-state index is 0.252. The summed E-state index contributed by atoms with van der Waals surface area (Å²) >= 11 is 0. The molecule has 0 aliphatic carbocycles. The predicted octanol–water partition coefficient (Wildman–Crippen LogP) is 3.98. The monoisotopic (exact) mass is 485 g/mol. The molecule has 3 aromatic rings. The van der Waals surface area contributed by atoms with Crippen LogP contribution in [0.1, 0.15) is 38.0 Å².